The maximum absolute atomic E-state index is 11.9. The predicted octanol–water partition coefficient (Wildman–Crippen LogP) is 1.67. The number of carbonyl (C=O) groups excluding carboxylic acids is 1. The highest BCUT2D eigenvalue weighted by molar-refractivity contribution is 5.73. The van der Waals surface area contributed by atoms with Gasteiger partial charge in [0.15, 0.2) is 0 Å². The van der Waals surface area contributed by atoms with Crippen molar-refractivity contribution in [3.63, 3.8) is 0 Å². The molecule has 2 aromatic rings. The first-order chi connectivity index (χ1) is 12.8. The highest BCUT2D eigenvalue weighted by atomic mass is 16.5. The van der Waals surface area contributed by atoms with Crippen molar-refractivity contribution in [2.75, 3.05) is 39.4 Å². The number of rotatable bonds is 6. The zero-order valence-corrected chi connectivity index (χ0v) is 14.9. The third kappa shape index (κ3) is 5.79. The molecule has 1 saturated heterocycles. The van der Waals surface area contributed by atoms with Gasteiger partial charge >= 0.3 is 6.03 Å². The molecule has 0 unspecified atom stereocenters. The van der Waals surface area contributed by atoms with Crippen LogP contribution in [-0.2, 0) is 11.3 Å². The Morgan fingerprint density at radius 3 is 2.65 bits per heavy atom. The van der Waals surface area contributed by atoms with Crippen molar-refractivity contribution in [3.05, 3.63) is 48.5 Å². The van der Waals surface area contributed by atoms with Crippen LogP contribution in [0.3, 0.4) is 0 Å². The first kappa shape index (κ1) is 18.3. The van der Waals surface area contributed by atoms with E-state index in [1.807, 2.05) is 30.3 Å². The van der Waals surface area contributed by atoms with Crippen molar-refractivity contribution < 1.29 is 9.53 Å². The molecule has 0 spiro atoms. The summed E-state index contributed by atoms with van der Waals surface area (Å²) in [6.45, 7) is 5.28. The maximum Gasteiger partial charge on any atom is 0.315 e. The third-order valence-electron chi connectivity index (χ3n) is 4.25. The van der Waals surface area contributed by atoms with Crippen molar-refractivity contribution in [1.82, 2.24) is 25.5 Å². The van der Waals surface area contributed by atoms with Gasteiger partial charge in [-0.05, 0) is 12.0 Å². The smallest absolute Gasteiger partial charge is 0.315 e. The average molecular weight is 355 g/mol. The molecule has 1 aliphatic heterocycles. The molecule has 3 rings (SSSR count). The number of ether oxygens (including phenoxy) is 1. The summed E-state index contributed by atoms with van der Waals surface area (Å²) < 4.78 is 5.42. The summed E-state index contributed by atoms with van der Waals surface area (Å²) in [6, 6.07) is 9.76. The van der Waals surface area contributed by atoms with E-state index in [4.69, 9.17) is 4.74 Å². The number of hydrogen-bond donors (Lipinski definition) is 2. The summed E-state index contributed by atoms with van der Waals surface area (Å²) >= 11 is 0. The van der Waals surface area contributed by atoms with E-state index < -0.39 is 0 Å². The maximum atomic E-state index is 11.9. The highest BCUT2D eigenvalue weighted by Gasteiger charge is 2.09. The fourth-order valence-corrected chi connectivity index (χ4v) is 2.80. The van der Waals surface area contributed by atoms with Crippen LogP contribution in [0.4, 0.5) is 4.79 Å². The van der Waals surface area contributed by atoms with Gasteiger partial charge in [0.25, 0.3) is 0 Å². The number of amides is 2. The molecule has 2 heterocycles. The Hall–Kier alpha value is -2.51. The molecule has 2 N–H and O–H groups in total. The average Bonchev–Trinajstić information content (AvgIpc) is 2.96. The van der Waals surface area contributed by atoms with E-state index in [0.717, 1.165) is 50.4 Å². The highest BCUT2D eigenvalue weighted by Crippen LogP contribution is 2.16. The molecule has 1 aromatic heterocycles. The summed E-state index contributed by atoms with van der Waals surface area (Å²) in [5, 5.41) is 5.66. The number of hydrogen-bond acceptors (Lipinski definition) is 5. The largest absolute Gasteiger partial charge is 0.380 e. The second-order valence-electron chi connectivity index (χ2n) is 6.17. The number of benzene rings is 1. The Bertz CT molecular complexity index is 670. The quantitative estimate of drug-likeness (QED) is 0.824. The lowest BCUT2D eigenvalue weighted by Gasteiger charge is -2.19. The van der Waals surface area contributed by atoms with Gasteiger partial charge in [-0.25, -0.2) is 14.8 Å². The van der Waals surface area contributed by atoms with Gasteiger partial charge < -0.3 is 15.4 Å². The summed E-state index contributed by atoms with van der Waals surface area (Å²) in [7, 11) is 0. The molecule has 138 valence electrons. The number of urea groups is 1. The standard InChI is InChI=1S/C19H25N5O2/c25-19(20-7-9-24-8-4-11-26-12-10-24)23-15-18-21-13-17(14-22-18)16-5-2-1-3-6-16/h1-3,5-6,13-14H,4,7-12,15H2,(H2,20,23,25). The Morgan fingerprint density at radius 1 is 1.04 bits per heavy atom. The zero-order chi connectivity index (χ0) is 18.0. The van der Waals surface area contributed by atoms with Crippen LogP contribution in [0.1, 0.15) is 12.2 Å². The SMILES string of the molecule is O=C(NCCN1CCCOCC1)NCc1ncc(-c2ccccc2)cn1. The lowest BCUT2D eigenvalue weighted by atomic mass is 10.1. The minimum absolute atomic E-state index is 0.202. The second kappa shape index (κ2) is 9.84. The van der Waals surface area contributed by atoms with Crippen LogP contribution in [0, 0.1) is 0 Å². The van der Waals surface area contributed by atoms with E-state index in [0.29, 0.717) is 18.9 Å². The van der Waals surface area contributed by atoms with Crippen molar-refractivity contribution in [2.24, 2.45) is 0 Å². The van der Waals surface area contributed by atoms with Crippen molar-refractivity contribution in [2.45, 2.75) is 13.0 Å². The Balaban J connectivity index is 1.37. The fourth-order valence-electron chi connectivity index (χ4n) is 2.80. The molecule has 7 nitrogen and oxygen atoms in total. The van der Waals surface area contributed by atoms with Crippen LogP contribution in [0.15, 0.2) is 42.7 Å². The number of carbonyl (C=O) groups is 1. The zero-order valence-electron chi connectivity index (χ0n) is 14.9. The topological polar surface area (TPSA) is 79.4 Å². The lowest BCUT2D eigenvalue weighted by Crippen LogP contribution is -2.40. The predicted molar refractivity (Wildman–Crippen MR) is 99.6 cm³/mol. The van der Waals surface area contributed by atoms with Gasteiger partial charge in [0.2, 0.25) is 0 Å². The van der Waals surface area contributed by atoms with Crippen LogP contribution in [0.25, 0.3) is 11.1 Å². The molecule has 1 aliphatic rings. The summed E-state index contributed by atoms with van der Waals surface area (Å²) in [6.07, 6.45) is 4.60. The minimum atomic E-state index is -0.202. The van der Waals surface area contributed by atoms with Crippen LogP contribution in [0.2, 0.25) is 0 Å². The van der Waals surface area contributed by atoms with Crippen LogP contribution in [-0.4, -0.2) is 60.3 Å². The van der Waals surface area contributed by atoms with Gasteiger partial charge in [0, 0.05) is 50.7 Å². The molecule has 0 atom stereocenters. The lowest BCUT2D eigenvalue weighted by molar-refractivity contribution is 0.141. The molecule has 0 aliphatic carbocycles. The molecular weight excluding hydrogens is 330 g/mol. The summed E-state index contributed by atoms with van der Waals surface area (Å²) in [4.78, 5) is 22.8. The van der Waals surface area contributed by atoms with E-state index in [1.54, 1.807) is 12.4 Å². The molecule has 0 saturated carbocycles. The van der Waals surface area contributed by atoms with E-state index in [-0.39, 0.29) is 6.03 Å². The second-order valence-corrected chi connectivity index (χ2v) is 6.17. The molecule has 7 heteroatoms. The molecule has 1 aromatic carbocycles. The first-order valence-corrected chi connectivity index (χ1v) is 8.99. The fraction of sp³-hybridized carbons (Fsp3) is 0.421. The van der Waals surface area contributed by atoms with E-state index in [2.05, 4.69) is 25.5 Å². The summed E-state index contributed by atoms with van der Waals surface area (Å²) in [5.74, 6) is 0.587. The van der Waals surface area contributed by atoms with Crippen LogP contribution < -0.4 is 10.6 Å². The molecule has 26 heavy (non-hydrogen) atoms. The molecule has 0 radical (unpaired) electrons. The van der Waals surface area contributed by atoms with Gasteiger partial charge in [-0.15, -0.1) is 0 Å². The number of nitrogens with one attached hydrogen (secondary N) is 2. The monoisotopic (exact) mass is 355 g/mol. The van der Waals surface area contributed by atoms with Crippen molar-refractivity contribution in [3.8, 4) is 11.1 Å². The van der Waals surface area contributed by atoms with Crippen molar-refractivity contribution in [1.29, 1.82) is 0 Å². The molecular formula is C19H25N5O2. The molecule has 0 bridgehead atoms. The van der Waals surface area contributed by atoms with Gasteiger partial charge in [-0.1, -0.05) is 30.3 Å². The van der Waals surface area contributed by atoms with Crippen molar-refractivity contribution >= 4 is 6.03 Å². The van der Waals surface area contributed by atoms with Crippen LogP contribution >= 0.6 is 0 Å². The van der Waals surface area contributed by atoms with E-state index >= 15 is 0 Å². The molecule has 2 amide bonds. The normalized spacial score (nSPS) is 15.2. The number of aromatic nitrogens is 2. The number of nitrogens with zero attached hydrogens (tertiary/aromatic N) is 3. The third-order valence-corrected chi connectivity index (χ3v) is 4.25. The summed E-state index contributed by atoms with van der Waals surface area (Å²) in [5.41, 5.74) is 2.03. The van der Waals surface area contributed by atoms with E-state index in [1.165, 1.54) is 0 Å². The molecule has 1 fully saturated rings. The van der Waals surface area contributed by atoms with Gasteiger partial charge in [0.05, 0.1) is 13.2 Å². The van der Waals surface area contributed by atoms with Crippen LogP contribution in [0.5, 0.6) is 0 Å². The van der Waals surface area contributed by atoms with E-state index in [9.17, 15) is 4.79 Å². The van der Waals surface area contributed by atoms with Gasteiger partial charge in [-0.2, -0.15) is 0 Å². The Labute approximate surface area is 153 Å². The van der Waals surface area contributed by atoms with Gasteiger partial charge in [-0.3, -0.25) is 4.90 Å². The Kier molecular flexibility index (Phi) is 6.92. The first-order valence-electron chi connectivity index (χ1n) is 8.99. The Morgan fingerprint density at radius 2 is 1.85 bits per heavy atom. The van der Waals surface area contributed by atoms with Gasteiger partial charge in [0.1, 0.15) is 5.82 Å². The minimum Gasteiger partial charge on any atom is -0.380 e.